The Morgan fingerprint density at radius 2 is 1.07 bits per heavy atom. The van der Waals surface area contributed by atoms with Crippen molar-refractivity contribution in [2.45, 2.75) is 49.1 Å². The van der Waals surface area contributed by atoms with Crippen LogP contribution < -0.4 is 17.0 Å². The minimum atomic E-state index is -6.47. The molecule has 0 saturated carbocycles. The Kier molecular flexibility index (Phi) is 12.4. The molecule has 2 aliphatic rings. The number of phosphoric ester groups is 2. The van der Waals surface area contributed by atoms with Gasteiger partial charge in [-0.15, -0.1) is 0 Å². The van der Waals surface area contributed by atoms with Gasteiger partial charge in [0, 0.05) is 0 Å². The van der Waals surface area contributed by atoms with E-state index in [-0.39, 0.29) is 34.1 Å². The van der Waals surface area contributed by atoms with Crippen molar-refractivity contribution in [3.63, 3.8) is 0 Å². The first-order chi connectivity index (χ1) is 26.8. The van der Waals surface area contributed by atoms with Crippen molar-refractivity contribution in [2.24, 2.45) is 0 Å². The Morgan fingerprint density at radius 3 is 1.55 bits per heavy atom. The number of nitrogens with one attached hydrogen (secondary N) is 1. The van der Waals surface area contributed by atoms with Crippen LogP contribution in [0.15, 0.2) is 23.8 Å². The van der Waals surface area contributed by atoms with Gasteiger partial charge in [0.25, 0.3) is 5.56 Å². The second-order valence-corrected chi connectivity index (χ2v) is 19.5. The molecule has 14 N–H and O–H groups in total. The van der Waals surface area contributed by atoms with E-state index in [1.54, 1.807) is 0 Å². The maximum atomic E-state index is 12.4. The summed E-state index contributed by atoms with van der Waals surface area (Å²) in [5.41, 5.74) is 10.1. The van der Waals surface area contributed by atoms with Gasteiger partial charge in [-0.05, 0) is 0 Å². The van der Waals surface area contributed by atoms with Gasteiger partial charge in [0.05, 0.1) is 25.9 Å². The lowest BCUT2D eigenvalue weighted by atomic mass is 10.1. The minimum Gasteiger partial charge on any atom is -0.387 e. The maximum absolute atomic E-state index is 12.4. The Morgan fingerprint density at radius 1 is 0.638 bits per heavy atom. The minimum absolute atomic E-state index is 0.0438. The van der Waals surface area contributed by atoms with Crippen molar-refractivity contribution in [1.82, 2.24) is 39.0 Å². The van der Waals surface area contributed by atoms with E-state index in [0.717, 1.165) is 28.1 Å². The van der Waals surface area contributed by atoms with Crippen molar-refractivity contribution in [3.8, 4) is 0 Å². The van der Waals surface area contributed by atoms with Crippen LogP contribution in [0, 0.1) is 0 Å². The average molecular weight is 932 g/mol. The highest BCUT2D eigenvalue weighted by Gasteiger charge is 2.51. The zero-order valence-electron chi connectivity index (χ0n) is 28.0. The number of fused-ring (bicyclic) bond motifs is 2. The topological polar surface area (TPSA) is 500 Å². The smallest absolute Gasteiger partial charge is 0.387 e. The Labute approximate surface area is 318 Å². The molecule has 4 aromatic rings. The molecule has 33 nitrogen and oxygen atoms in total. The van der Waals surface area contributed by atoms with E-state index >= 15 is 0 Å². The van der Waals surface area contributed by atoms with Crippen LogP contribution >= 0.6 is 39.1 Å². The number of nitrogen functional groups attached to an aromatic ring is 2. The van der Waals surface area contributed by atoms with E-state index < -0.39 is 107 Å². The number of anilines is 2. The molecule has 0 aliphatic carbocycles. The molecule has 2 aliphatic heterocycles. The predicted octanol–water partition coefficient (Wildman–Crippen LogP) is -3.04. The number of nitrogens with zero attached hydrogens (tertiary/aromatic N) is 7. The number of phosphoric acid groups is 5. The van der Waals surface area contributed by atoms with Crippen molar-refractivity contribution in [3.05, 3.63) is 29.3 Å². The maximum Gasteiger partial charge on any atom is 0.490 e. The van der Waals surface area contributed by atoms with Crippen LogP contribution in [0.4, 0.5) is 11.8 Å². The summed E-state index contributed by atoms with van der Waals surface area (Å²) in [5.74, 6) is -0.402. The van der Waals surface area contributed by atoms with Gasteiger partial charge in [0.1, 0.15) is 48.5 Å². The van der Waals surface area contributed by atoms with Gasteiger partial charge >= 0.3 is 39.1 Å². The summed E-state index contributed by atoms with van der Waals surface area (Å²) in [6.45, 7) is -2.40. The summed E-state index contributed by atoms with van der Waals surface area (Å²) in [6, 6.07) is 0. The highest BCUT2D eigenvalue weighted by atomic mass is 31.3. The van der Waals surface area contributed by atoms with Gasteiger partial charge in [0.15, 0.2) is 35.1 Å². The summed E-state index contributed by atoms with van der Waals surface area (Å²) in [4.78, 5) is 82.8. The quantitative estimate of drug-likeness (QED) is 0.0497. The number of H-pyrrole nitrogens is 1. The van der Waals surface area contributed by atoms with E-state index in [1.165, 1.54) is 0 Å². The largest absolute Gasteiger partial charge is 0.490 e. The number of aliphatic hydroxyl groups excluding tert-OH is 4. The SMILES string of the molecule is Nc1nc2c(ncn2C2OC(COP(=O)(O)OP(=O)(O)OP(=O)(O)OP(=O)(O)OP(=O)(O)OCC3OC(n4cnc5c(N)ncnc54)C(O)C3O)C(O)C2O)c(=O)[nH]1. The first kappa shape index (κ1) is 44.5. The predicted molar refractivity (Wildman–Crippen MR) is 180 cm³/mol. The van der Waals surface area contributed by atoms with Gasteiger partial charge in [-0.1, -0.05) is 0 Å². The van der Waals surface area contributed by atoms with E-state index in [2.05, 4.69) is 56.2 Å². The van der Waals surface area contributed by atoms with Crippen LogP contribution in [-0.4, -0.2) is 134 Å². The molecule has 13 unspecified atom stereocenters. The lowest BCUT2D eigenvalue weighted by Crippen LogP contribution is -2.33. The monoisotopic (exact) mass is 932 g/mol. The standard InChI is InChI=1S/C20H29N10O23P5/c21-14-8-15(24-3-23-14)29(4-25-8)18-12(33)10(31)6(48-18)1-46-54(36,37)50-56(40,41)52-58(44,45)53-57(42,43)51-55(38,39)47-2-7-11(32)13(34)19(49-7)30-5-26-9-16(30)27-20(22)28-17(9)35/h3-7,10-13,18-19,31-34H,1-2H2,(H,36,37)(H,38,39)(H,40,41)(H,42,43)(H,44,45)(H2,21,23,24)(H3,22,27,28,35). The van der Waals surface area contributed by atoms with Crippen LogP contribution in [0.5, 0.6) is 0 Å². The summed E-state index contributed by atoms with van der Waals surface area (Å²) in [5, 5.41) is 41.8. The normalized spacial score (nSPS) is 30.4. The van der Waals surface area contributed by atoms with Crippen LogP contribution in [0.25, 0.3) is 22.3 Å². The number of imidazole rings is 2. The lowest BCUT2D eigenvalue weighted by Gasteiger charge is -2.21. The number of aromatic nitrogens is 8. The van der Waals surface area contributed by atoms with Crippen molar-refractivity contribution < 1.29 is 103 Å². The molecule has 4 aromatic heterocycles. The van der Waals surface area contributed by atoms with Gasteiger partial charge in [-0.25, -0.2) is 42.8 Å². The van der Waals surface area contributed by atoms with Crippen molar-refractivity contribution in [1.29, 1.82) is 0 Å². The van der Waals surface area contributed by atoms with Gasteiger partial charge in [-0.2, -0.15) is 22.2 Å². The molecule has 2 saturated heterocycles. The van der Waals surface area contributed by atoms with Gasteiger partial charge in [0.2, 0.25) is 5.95 Å². The molecule has 38 heteroatoms. The number of rotatable bonds is 16. The van der Waals surface area contributed by atoms with Gasteiger partial charge < -0.3 is 65.8 Å². The van der Waals surface area contributed by atoms with Crippen LogP contribution in [0.1, 0.15) is 12.5 Å². The fourth-order valence-electron chi connectivity index (χ4n) is 5.33. The molecule has 6 rings (SSSR count). The molecule has 0 radical (unpaired) electrons. The first-order valence-corrected chi connectivity index (χ1v) is 22.7. The van der Waals surface area contributed by atoms with E-state index in [9.17, 15) is 72.5 Å². The van der Waals surface area contributed by atoms with Crippen molar-refractivity contribution in [2.75, 3.05) is 24.7 Å². The summed E-state index contributed by atoms with van der Waals surface area (Å²) >= 11 is 0. The number of hydrogen-bond donors (Lipinski definition) is 12. The number of nitrogens with two attached hydrogens (primary N) is 2. The third-order valence-corrected chi connectivity index (χ3v) is 15.2. The molecule has 322 valence electrons. The fourth-order valence-corrected chi connectivity index (χ4v) is 11.7. The number of aromatic amines is 1. The zero-order valence-corrected chi connectivity index (χ0v) is 32.5. The van der Waals surface area contributed by atoms with Crippen LogP contribution in [0.3, 0.4) is 0 Å². The highest BCUT2D eigenvalue weighted by molar-refractivity contribution is 7.71. The molecule has 0 spiro atoms. The molecule has 0 amide bonds. The Hall–Kier alpha value is -3.03. The molecule has 6 heterocycles. The zero-order chi connectivity index (χ0) is 42.7. The number of ether oxygens (including phenoxy) is 2. The van der Waals surface area contributed by atoms with Crippen LogP contribution in [0.2, 0.25) is 0 Å². The molecule has 13 atom stereocenters. The second-order valence-electron chi connectivity index (χ2n) is 11.7. The molecule has 0 bridgehead atoms. The molecular formula is C20H29N10O23P5. The molecule has 2 fully saturated rings. The van der Waals surface area contributed by atoms with Crippen LogP contribution in [-0.2, 0) is 58.6 Å². The third kappa shape index (κ3) is 9.78. The molecular weight excluding hydrogens is 903 g/mol. The van der Waals surface area contributed by atoms with E-state index in [0.29, 0.717) is 0 Å². The molecule has 0 aromatic carbocycles. The molecule has 58 heavy (non-hydrogen) atoms. The Bertz CT molecular complexity index is 2500. The summed E-state index contributed by atoms with van der Waals surface area (Å²) in [6.07, 6.45) is -10.7. The van der Waals surface area contributed by atoms with Gasteiger partial charge in [-0.3, -0.25) is 28.0 Å². The third-order valence-electron chi connectivity index (χ3n) is 7.69. The summed E-state index contributed by atoms with van der Waals surface area (Å²) in [7, 11) is -31.0. The first-order valence-electron chi connectivity index (χ1n) is 15.2. The number of hydrogen-bond acceptors (Lipinski definition) is 25. The average Bonchev–Trinajstić information content (AvgIpc) is 3.83. The van der Waals surface area contributed by atoms with E-state index in [4.69, 9.17) is 20.9 Å². The summed E-state index contributed by atoms with van der Waals surface area (Å²) < 4.78 is 98.6. The lowest BCUT2D eigenvalue weighted by molar-refractivity contribution is -0.0503. The highest BCUT2D eigenvalue weighted by Crippen LogP contribution is 2.73. The second kappa shape index (κ2) is 16.1. The van der Waals surface area contributed by atoms with E-state index in [1.807, 2.05) is 0 Å². The number of aliphatic hydroxyl groups is 4. The van der Waals surface area contributed by atoms with Crippen molar-refractivity contribution >= 4 is 73.2 Å². The Balaban J connectivity index is 1.01. The fraction of sp³-hybridized carbons (Fsp3) is 0.500.